The minimum Gasteiger partial charge on any atom is -0.463 e. The van der Waals surface area contributed by atoms with E-state index in [4.69, 9.17) is 4.74 Å². The number of rotatable bonds is 4. The van der Waals surface area contributed by atoms with Gasteiger partial charge in [-0.2, -0.15) is 0 Å². The Hall–Kier alpha value is -2.17. The van der Waals surface area contributed by atoms with Crippen LogP contribution in [-0.4, -0.2) is 35.8 Å². The topological polar surface area (TPSA) is 63.7 Å². The van der Waals surface area contributed by atoms with E-state index < -0.39 is 0 Å². The first-order valence-corrected chi connectivity index (χ1v) is 9.68. The Morgan fingerprint density at radius 2 is 1.46 bits per heavy atom. The number of carbonyl (C=O) groups excluding carboxylic acids is 3. The third-order valence-corrected chi connectivity index (χ3v) is 6.90. The number of ether oxygens (including phenoxy) is 1. The van der Waals surface area contributed by atoms with Crippen LogP contribution in [0.5, 0.6) is 0 Å². The smallest absolute Gasteiger partial charge is 0.312 e. The van der Waals surface area contributed by atoms with E-state index in [1.807, 2.05) is 0 Å². The third kappa shape index (κ3) is 2.32. The highest BCUT2D eigenvalue weighted by atomic mass is 16.5. The van der Waals surface area contributed by atoms with Crippen molar-refractivity contribution < 1.29 is 19.1 Å². The highest BCUT2D eigenvalue weighted by molar-refractivity contribution is 6.21. The molecule has 0 spiro atoms. The van der Waals surface area contributed by atoms with Gasteiger partial charge in [-0.3, -0.25) is 19.3 Å². The van der Waals surface area contributed by atoms with Crippen LogP contribution in [0.2, 0.25) is 0 Å². The zero-order valence-corrected chi connectivity index (χ0v) is 14.8. The Labute approximate surface area is 152 Å². The van der Waals surface area contributed by atoms with Crippen molar-refractivity contribution >= 4 is 17.8 Å². The lowest BCUT2D eigenvalue weighted by atomic mass is 9.49. The van der Waals surface area contributed by atoms with Gasteiger partial charge in [-0.25, -0.2) is 0 Å². The van der Waals surface area contributed by atoms with Crippen LogP contribution in [0.15, 0.2) is 24.3 Å². The van der Waals surface area contributed by atoms with Crippen LogP contribution < -0.4 is 0 Å². The summed E-state index contributed by atoms with van der Waals surface area (Å²) in [4.78, 5) is 38.8. The Morgan fingerprint density at radius 3 is 1.96 bits per heavy atom. The third-order valence-electron chi connectivity index (χ3n) is 6.90. The van der Waals surface area contributed by atoms with Gasteiger partial charge < -0.3 is 4.74 Å². The molecular weight excluding hydrogens is 330 g/mol. The fourth-order valence-electron chi connectivity index (χ4n) is 6.19. The molecule has 2 amide bonds. The number of hydrogen-bond donors (Lipinski definition) is 0. The molecule has 0 N–H and O–H groups in total. The molecule has 5 heteroatoms. The predicted octanol–water partition coefficient (Wildman–Crippen LogP) is 3.04. The molecular formula is C21H23NO4. The molecule has 4 aliphatic carbocycles. The lowest BCUT2D eigenvalue weighted by Gasteiger charge is -2.55. The number of hydrogen-bond acceptors (Lipinski definition) is 4. The van der Waals surface area contributed by atoms with Gasteiger partial charge in [0.25, 0.3) is 11.8 Å². The molecule has 5 aliphatic rings. The maximum Gasteiger partial charge on any atom is 0.312 e. The first-order chi connectivity index (χ1) is 12.6. The fourth-order valence-corrected chi connectivity index (χ4v) is 6.19. The summed E-state index contributed by atoms with van der Waals surface area (Å²) < 4.78 is 5.60. The molecule has 0 aromatic heterocycles. The van der Waals surface area contributed by atoms with E-state index in [-0.39, 0.29) is 36.4 Å². The molecule has 1 aromatic carbocycles. The van der Waals surface area contributed by atoms with E-state index in [1.165, 1.54) is 24.2 Å². The summed E-state index contributed by atoms with van der Waals surface area (Å²) in [7, 11) is 0. The van der Waals surface area contributed by atoms with Crippen molar-refractivity contribution in [3.63, 3.8) is 0 Å². The van der Waals surface area contributed by atoms with E-state index in [0.717, 1.165) is 19.3 Å². The molecule has 0 atom stereocenters. The molecule has 0 saturated heterocycles. The number of esters is 1. The summed E-state index contributed by atoms with van der Waals surface area (Å²) >= 11 is 0. The largest absolute Gasteiger partial charge is 0.463 e. The summed E-state index contributed by atoms with van der Waals surface area (Å²) in [5, 5.41) is 0. The first-order valence-electron chi connectivity index (χ1n) is 9.68. The van der Waals surface area contributed by atoms with Gasteiger partial charge in [-0.1, -0.05) is 12.1 Å². The highest BCUT2D eigenvalue weighted by Gasteiger charge is 2.55. The van der Waals surface area contributed by atoms with Crippen molar-refractivity contribution in [2.24, 2.45) is 23.2 Å². The highest BCUT2D eigenvalue weighted by Crippen LogP contribution is 2.60. The average molecular weight is 353 g/mol. The van der Waals surface area contributed by atoms with Crippen molar-refractivity contribution in [1.29, 1.82) is 0 Å². The van der Waals surface area contributed by atoms with Crippen LogP contribution in [-0.2, 0) is 9.53 Å². The minimum atomic E-state index is -0.295. The summed E-state index contributed by atoms with van der Waals surface area (Å²) in [6.07, 6.45) is 6.73. The van der Waals surface area contributed by atoms with Crippen molar-refractivity contribution in [3.05, 3.63) is 35.4 Å². The summed E-state index contributed by atoms with van der Waals surface area (Å²) in [5.74, 6) is 1.36. The van der Waals surface area contributed by atoms with E-state index in [2.05, 4.69) is 0 Å². The van der Waals surface area contributed by atoms with Gasteiger partial charge in [0.05, 0.1) is 23.1 Å². The van der Waals surface area contributed by atoms with E-state index in [9.17, 15) is 14.4 Å². The summed E-state index contributed by atoms with van der Waals surface area (Å²) in [6, 6.07) is 6.83. The number of imide groups is 1. The molecule has 4 saturated carbocycles. The molecule has 6 rings (SSSR count). The SMILES string of the molecule is O=C1c2ccccc2C(=O)N1CCOC(=O)C12CC3CC(CC(C3)C1)C2. The van der Waals surface area contributed by atoms with Gasteiger partial charge in [-0.15, -0.1) is 0 Å². The summed E-state index contributed by atoms with van der Waals surface area (Å²) in [6.45, 7) is 0.219. The molecule has 26 heavy (non-hydrogen) atoms. The van der Waals surface area contributed by atoms with Crippen molar-refractivity contribution in [1.82, 2.24) is 4.90 Å². The van der Waals surface area contributed by atoms with Crippen LogP contribution in [0.3, 0.4) is 0 Å². The molecule has 1 aromatic rings. The molecule has 0 radical (unpaired) electrons. The second-order valence-corrected chi connectivity index (χ2v) is 8.64. The molecule has 0 unspecified atom stereocenters. The maximum atomic E-state index is 12.8. The predicted molar refractivity (Wildman–Crippen MR) is 93.4 cm³/mol. The first kappa shape index (κ1) is 16.0. The number of nitrogens with zero attached hydrogens (tertiary/aromatic N) is 1. The quantitative estimate of drug-likeness (QED) is 0.616. The second kappa shape index (κ2) is 5.66. The standard InChI is InChI=1S/C21H23NO4/c23-18-16-3-1-2-4-17(16)19(24)22(18)5-6-26-20(25)21-10-13-7-14(11-21)9-15(8-13)12-21/h1-4,13-15H,5-12H2. The monoisotopic (exact) mass is 353 g/mol. The number of amides is 2. The van der Waals surface area contributed by atoms with Gasteiger partial charge in [0.2, 0.25) is 0 Å². The number of carbonyl (C=O) groups is 3. The van der Waals surface area contributed by atoms with Crippen molar-refractivity contribution in [2.75, 3.05) is 13.2 Å². The Morgan fingerprint density at radius 1 is 0.962 bits per heavy atom. The molecule has 4 bridgehead atoms. The van der Waals surface area contributed by atoms with E-state index in [0.29, 0.717) is 28.9 Å². The molecule has 5 nitrogen and oxygen atoms in total. The van der Waals surface area contributed by atoms with Crippen LogP contribution in [0.25, 0.3) is 0 Å². The molecule has 1 heterocycles. The van der Waals surface area contributed by atoms with Crippen LogP contribution >= 0.6 is 0 Å². The van der Waals surface area contributed by atoms with Gasteiger partial charge in [0.1, 0.15) is 6.61 Å². The molecule has 1 aliphatic heterocycles. The van der Waals surface area contributed by atoms with E-state index in [1.54, 1.807) is 24.3 Å². The minimum absolute atomic E-state index is 0.0893. The molecule has 4 fully saturated rings. The van der Waals surface area contributed by atoms with Gasteiger partial charge in [0.15, 0.2) is 0 Å². The molecule has 136 valence electrons. The van der Waals surface area contributed by atoms with Crippen LogP contribution in [0.1, 0.15) is 59.2 Å². The van der Waals surface area contributed by atoms with Gasteiger partial charge >= 0.3 is 5.97 Å². The normalized spacial score (nSPS) is 34.3. The average Bonchev–Trinajstić information content (AvgIpc) is 2.86. The Bertz CT molecular complexity index is 729. The van der Waals surface area contributed by atoms with Gasteiger partial charge in [-0.05, 0) is 68.4 Å². The zero-order valence-electron chi connectivity index (χ0n) is 14.8. The Balaban J connectivity index is 1.22. The lowest BCUT2D eigenvalue weighted by Crippen LogP contribution is -2.50. The van der Waals surface area contributed by atoms with Gasteiger partial charge in [0, 0.05) is 0 Å². The lowest BCUT2D eigenvalue weighted by molar-refractivity contribution is -0.171. The van der Waals surface area contributed by atoms with Crippen molar-refractivity contribution in [3.8, 4) is 0 Å². The fraction of sp³-hybridized carbons (Fsp3) is 0.571. The number of fused-ring (bicyclic) bond motifs is 1. The van der Waals surface area contributed by atoms with Crippen LogP contribution in [0, 0.1) is 23.2 Å². The van der Waals surface area contributed by atoms with Crippen LogP contribution in [0.4, 0.5) is 0 Å². The van der Waals surface area contributed by atoms with E-state index >= 15 is 0 Å². The second-order valence-electron chi connectivity index (χ2n) is 8.64. The van der Waals surface area contributed by atoms with Crippen molar-refractivity contribution in [2.45, 2.75) is 38.5 Å². The zero-order chi connectivity index (χ0) is 17.9. The summed E-state index contributed by atoms with van der Waals surface area (Å²) in [5.41, 5.74) is 0.575. The Kier molecular flexibility index (Phi) is 3.49. The number of benzene rings is 1. The maximum absolute atomic E-state index is 12.8.